The summed E-state index contributed by atoms with van der Waals surface area (Å²) in [6.07, 6.45) is 3.22. The van der Waals surface area contributed by atoms with Gasteiger partial charge in [-0.1, -0.05) is 25.1 Å². The lowest BCUT2D eigenvalue weighted by Gasteiger charge is -2.17. The summed E-state index contributed by atoms with van der Waals surface area (Å²) in [5.74, 6) is 1.59. The van der Waals surface area contributed by atoms with Crippen molar-refractivity contribution in [1.29, 1.82) is 0 Å². The molecule has 0 radical (unpaired) electrons. The molecule has 0 aromatic carbocycles. The van der Waals surface area contributed by atoms with Crippen molar-refractivity contribution in [2.45, 2.75) is 45.2 Å². The van der Waals surface area contributed by atoms with Gasteiger partial charge in [-0.25, -0.2) is 0 Å². The number of nitrogens with zero attached hydrogens (tertiary/aromatic N) is 4. The molecule has 0 saturated heterocycles. The molecule has 0 atom stereocenters. The third kappa shape index (κ3) is 4.53. The number of carbonyl (C=O) groups excluding carboxylic acids is 1. The largest absolute Gasteiger partial charge is 0.343 e. The number of hydrogen-bond acceptors (Lipinski definition) is 4. The lowest BCUT2D eigenvalue weighted by Crippen LogP contribution is -2.31. The number of amides is 1. The minimum atomic E-state index is 0.160. The Morgan fingerprint density at radius 3 is 2.53 bits per heavy atom. The smallest absolute Gasteiger partial charge is 0.233 e. The Hall–Kier alpha value is -1.04. The van der Waals surface area contributed by atoms with Gasteiger partial charge in [-0.3, -0.25) is 4.79 Å². The molecule has 5 nitrogen and oxygen atoms in total. The highest BCUT2D eigenvalue weighted by molar-refractivity contribution is 7.99. The van der Waals surface area contributed by atoms with E-state index in [4.69, 9.17) is 0 Å². The first-order valence-electron chi connectivity index (χ1n) is 6.92. The second-order valence-electron chi connectivity index (χ2n) is 4.42. The second kappa shape index (κ2) is 8.19. The summed E-state index contributed by atoms with van der Waals surface area (Å²) in [4.78, 5) is 13.8. The number of carbonyl (C=O) groups is 1. The van der Waals surface area contributed by atoms with Crippen molar-refractivity contribution in [1.82, 2.24) is 19.7 Å². The van der Waals surface area contributed by atoms with E-state index in [1.54, 1.807) is 0 Å². The van der Waals surface area contributed by atoms with Crippen molar-refractivity contribution >= 4 is 17.7 Å². The number of aromatic nitrogens is 3. The van der Waals surface area contributed by atoms with Gasteiger partial charge in [0, 0.05) is 26.6 Å². The molecule has 1 aromatic rings. The quantitative estimate of drug-likeness (QED) is 0.686. The number of thioether (sulfide) groups is 1. The van der Waals surface area contributed by atoms with Gasteiger partial charge in [0.25, 0.3) is 0 Å². The van der Waals surface area contributed by atoms with E-state index in [0.717, 1.165) is 43.3 Å². The highest BCUT2D eigenvalue weighted by Crippen LogP contribution is 2.17. The molecule has 0 saturated carbocycles. The first kappa shape index (κ1) is 16.0. The second-order valence-corrected chi connectivity index (χ2v) is 5.36. The molecule has 0 aliphatic rings. The van der Waals surface area contributed by atoms with Gasteiger partial charge in [-0.05, 0) is 20.3 Å². The summed E-state index contributed by atoms with van der Waals surface area (Å²) in [7, 11) is 1.97. The van der Waals surface area contributed by atoms with E-state index in [1.165, 1.54) is 11.8 Å². The van der Waals surface area contributed by atoms with Crippen LogP contribution in [0, 0.1) is 0 Å². The predicted molar refractivity (Wildman–Crippen MR) is 78.3 cm³/mol. The molecular weight excluding hydrogens is 260 g/mol. The highest BCUT2D eigenvalue weighted by atomic mass is 32.2. The molecule has 108 valence electrons. The van der Waals surface area contributed by atoms with Gasteiger partial charge >= 0.3 is 0 Å². The fraction of sp³-hybridized carbons (Fsp3) is 0.769. The average Bonchev–Trinajstić information content (AvgIpc) is 2.76. The molecule has 1 aromatic heterocycles. The normalized spacial score (nSPS) is 10.7. The standard InChI is InChI=1S/C13H24N4OS/c1-5-8-9-11-14-15-13(16(11)4)19-10-12(18)17(6-2)7-3/h5-10H2,1-4H3. The summed E-state index contributed by atoms with van der Waals surface area (Å²) < 4.78 is 2.00. The molecule has 1 amide bonds. The van der Waals surface area contributed by atoms with E-state index in [9.17, 15) is 4.79 Å². The number of hydrogen-bond donors (Lipinski definition) is 0. The maximum Gasteiger partial charge on any atom is 0.233 e. The number of aryl methyl sites for hydroxylation is 1. The van der Waals surface area contributed by atoms with Gasteiger partial charge in [0.1, 0.15) is 5.82 Å². The van der Waals surface area contributed by atoms with Crippen molar-refractivity contribution in [3.05, 3.63) is 5.82 Å². The zero-order valence-corrected chi connectivity index (χ0v) is 13.2. The lowest BCUT2D eigenvalue weighted by molar-refractivity contribution is -0.127. The van der Waals surface area contributed by atoms with E-state index in [-0.39, 0.29) is 5.91 Å². The summed E-state index contributed by atoms with van der Waals surface area (Å²) >= 11 is 1.47. The van der Waals surface area contributed by atoms with Gasteiger partial charge in [0.05, 0.1) is 5.75 Å². The summed E-state index contributed by atoms with van der Waals surface area (Å²) in [6, 6.07) is 0. The summed E-state index contributed by atoms with van der Waals surface area (Å²) in [5, 5.41) is 9.17. The van der Waals surface area contributed by atoms with E-state index in [2.05, 4.69) is 17.1 Å². The van der Waals surface area contributed by atoms with E-state index < -0.39 is 0 Å². The third-order valence-corrected chi connectivity index (χ3v) is 4.12. The van der Waals surface area contributed by atoms with Gasteiger partial charge in [-0.15, -0.1) is 10.2 Å². The summed E-state index contributed by atoms with van der Waals surface area (Å²) in [5.41, 5.74) is 0. The molecule has 0 aliphatic carbocycles. The average molecular weight is 284 g/mol. The van der Waals surface area contributed by atoms with Crippen LogP contribution in [0.25, 0.3) is 0 Å². The molecule has 0 fully saturated rings. The maximum atomic E-state index is 11.9. The zero-order chi connectivity index (χ0) is 14.3. The first-order valence-corrected chi connectivity index (χ1v) is 7.91. The fourth-order valence-electron chi connectivity index (χ4n) is 1.82. The molecule has 0 bridgehead atoms. The molecule has 0 spiro atoms. The maximum absolute atomic E-state index is 11.9. The number of unbranched alkanes of at least 4 members (excludes halogenated alkanes) is 1. The van der Waals surface area contributed by atoms with Crippen LogP contribution in [0.4, 0.5) is 0 Å². The van der Waals surface area contributed by atoms with Crippen molar-refractivity contribution in [2.24, 2.45) is 7.05 Å². The van der Waals surface area contributed by atoms with Crippen LogP contribution in [-0.2, 0) is 18.3 Å². The van der Waals surface area contributed by atoms with Crippen molar-refractivity contribution in [3.8, 4) is 0 Å². The van der Waals surface area contributed by atoms with Gasteiger partial charge in [0.15, 0.2) is 5.16 Å². The van der Waals surface area contributed by atoms with Crippen LogP contribution >= 0.6 is 11.8 Å². The van der Waals surface area contributed by atoms with Crippen molar-refractivity contribution in [3.63, 3.8) is 0 Å². The molecule has 0 unspecified atom stereocenters. The van der Waals surface area contributed by atoms with Crippen molar-refractivity contribution < 1.29 is 4.79 Å². The monoisotopic (exact) mass is 284 g/mol. The molecule has 6 heteroatoms. The third-order valence-electron chi connectivity index (χ3n) is 3.12. The zero-order valence-electron chi connectivity index (χ0n) is 12.3. The minimum Gasteiger partial charge on any atom is -0.343 e. The van der Waals surface area contributed by atoms with Crippen LogP contribution in [-0.4, -0.2) is 44.4 Å². The van der Waals surface area contributed by atoms with Gasteiger partial charge in [0.2, 0.25) is 5.91 Å². The van der Waals surface area contributed by atoms with E-state index in [0.29, 0.717) is 5.75 Å². The van der Waals surface area contributed by atoms with Crippen LogP contribution < -0.4 is 0 Å². The topological polar surface area (TPSA) is 51.0 Å². The minimum absolute atomic E-state index is 0.160. The van der Waals surface area contributed by atoms with Crippen LogP contribution in [0.15, 0.2) is 5.16 Å². The van der Waals surface area contributed by atoms with Crippen molar-refractivity contribution in [2.75, 3.05) is 18.8 Å². The predicted octanol–water partition coefficient (Wildman–Crippen LogP) is 2.12. The Morgan fingerprint density at radius 2 is 1.95 bits per heavy atom. The Bertz CT molecular complexity index is 401. The van der Waals surface area contributed by atoms with Gasteiger partial charge in [-0.2, -0.15) is 0 Å². The molecule has 0 N–H and O–H groups in total. The molecule has 19 heavy (non-hydrogen) atoms. The molecular formula is C13H24N4OS. The Kier molecular flexibility index (Phi) is 6.91. The molecule has 0 aliphatic heterocycles. The summed E-state index contributed by atoms with van der Waals surface area (Å²) in [6.45, 7) is 7.68. The Balaban J connectivity index is 2.54. The SMILES string of the molecule is CCCCc1nnc(SCC(=O)N(CC)CC)n1C. The molecule has 1 heterocycles. The first-order chi connectivity index (χ1) is 9.13. The van der Waals surface area contributed by atoms with Crippen LogP contribution in [0.3, 0.4) is 0 Å². The Labute approximate surface area is 119 Å². The van der Waals surface area contributed by atoms with E-state index in [1.807, 2.05) is 30.4 Å². The number of rotatable bonds is 8. The van der Waals surface area contributed by atoms with E-state index >= 15 is 0 Å². The van der Waals surface area contributed by atoms with Crippen LogP contribution in [0.5, 0.6) is 0 Å². The molecule has 1 rings (SSSR count). The van der Waals surface area contributed by atoms with Gasteiger partial charge < -0.3 is 9.47 Å². The van der Waals surface area contributed by atoms with Crippen LogP contribution in [0.2, 0.25) is 0 Å². The fourth-order valence-corrected chi connectivity index (χ4v) is 2.65. The Morgan fingerprint density at radius 1 is 1.26 bits per heavy atom. The lowest BCUT2D eigenvalue weighted by atomic mass is 10.2. The highest BCUT2D eigenvalue weighted by Gasteiger charge is 2.13. The van der Waals surface area contributed by atoms with Crippen LogP contribution in [0.1, 0.15) is 39.4 Å².